The van der Waals surface area contributed by atoms with Crippen LogP contribution in [0.1, 0.15) is 11.1 Å². The highest BCUT2D eigenvalue weighted by molar-refractivity contribution is 5.99. The van der Waals surface area contributed by atoms with Crippen molar-refractivity contribution in [1.29, 1.82) is 0 Å². The van der Waals surface area contributed by atoms with Crippen LogP contribution in [0.15, 0.2) is 77.2 Å². The first-order valence-corrected chi connectivity index (χ1v) is 9.23. The monoisotopic (exact) mass is 384 g/mol. The van der Waals surface area contributed by atoms with Crippen molar-refractivity contribution in [2.45, 2.75) is 13.8 Å². The van der Waals surface area contributed by atoms with E-state index in [4.69, 9.17) is 4.42 Å². The molecule has 2 N–H and O–H groups in total. The van der Waals surface area contributed by atoms with Gasteiger partial charge in [0.15, 0.2) is 0 Å². The predicted octanol–water partition coefficient (Wildman–Crippen LogP) is 5.66. The molecule has 0 bridgehead atoms. The Kier molecular flexibility index (Phi) is 5.07. The van der Waals surface area contributed by atoms with Gasteiger partial charge in [0.1, 0.15) is 0 Å². The lowest BCUT2D eigenvalue weighted by Gasteiger charge is -2.09. The van der Waals surface area contributed by atoms with Gasteiger partial charge >= 0.3 is 6.03 Å². The van der Waals surface area contributed by atoms with Crippen molar-refractivity contribution < 1.29 is 9.21 Å². The van der Waals surface area contributed by atoms with E-state index in [0.29, 0.717) is 17.5 Å². The molecule has 6 heteroatoms. The van der Waals surface area contributed by atoms with Crippen LogP contribution in [-0.4, -0.2) is 16.2 Å². The van der Waals surface area contributed by atoms with Crippen LogP contribution in [0.25, 0.3) is 22.9 Å². The molecule has 4 aromatic rings. The third kappa shape index (κ3) is 4.32. The van der Waals surface area contributed by atoms with E-state index in [2.05, 4.69) is 20.8 Å². The molecule has 4 rings (SSSR count). The maximum Gasteiger partial charge on any atom is 0.323 e. The summed E-state index contributed by atoms with van der Waals surface area (Å²) in [5.41, 5.74) is 5.37. The van der Waals surface area contributed by atoms with Crippen molar-refractivity contribution in [3.63, 3.8) is 0 Å². The lowest BCUT2D eigenvalue weighted by molar-refractivity contribution is 0.262. The quantitative estimate of drug-likeness (QED) is 0.475. The first-order chi connectivity index (χ1) is 14.1. The average Bonchev–Trinajstić information content (AvgIpc) is 3.22. The smallest absolute Gasteiger partial charge is 0.323 e. The summed E-state index contributed by atoms with van der Waals surface area (Å²) in [4.78, 5) is 12.2. The van der Waals surface area contributed by atoms with Gasteiger partial charge in [-0.15, -0.1) is 10.2 Å². The van der Waals surface area contributed by atoms with Crippen molar-refractivity contribution >= 4 is 17.4 Å². The molecule has 0 spiro atoms. The van der Waals surface area contributed by atoms with E-state index < -0.39 is 0 Å². The molecule has 0 radical (unpaired) electrons. The van der Waals surface area contributed by atoms with Crippen LogP contribution in [0.3, 0.4) is 0 Å². The Morgan fingerprint density at radius 2 is 1.31 bits per heavy atom. The van der Waals surface area contributed by atoms with E-state index in [1.807, 2.05) is 74.5 Å². The van der Waals surface area contributed by atoms with Crippen LogP contribution >= 0.6 is 0 Å². The minimum absolute atomic E-state index is 0.301. The van der Waals surface area contributed by atoms with Crippen molar-refractivity contribution in [2.75, 3.05) is 10.6 Å². The second-order valence-corrected chi connectivity index (χ2v) is 6.73. The molecule has 1 heterocycles. The second kappa shape index (κ2) is 7.98. The summed E-state index contributed by atoms with van der Waals surface area (Å²) in [5, 5.41) is 13.9. The highest BCUT2D eigenvalue weighted by Crippen LogP contribution is 2.25. The minimum atomic E-state index is -0.301. The fourth-order valence-corrected chi connectivity index (χ4v) is 2.85. The second-order valence-electron chi connectivity index (χ2n) is 6.73. The lowest BCUT2D eigenvalue weighted by atomic mass is 10.1. The number of anilines is 2. The summed E-state index contributed by atoms with van der Waals surface area (Å²) in [7, 11) is 0. The third-order valence-corrected chi connectivity index (χ3v) is 4.60. The maximum atomic E-state index is 12.2. The number of nitrogens with one attached hydrogen (secondary N) is 2. The number of carbonyl (C=O) groups is 1. The zero-order valence-corrected chi connectivity index (χ0v) is 16.1. The Labute approximate surface area is 168 Å². The van der Waals surface area contributed by atoms with Gasteiger partial charge in [-0.05, 0) is 73.5 Å². The van der Waals surface area contributed by atoms with Gasteiger partial charge in [-0.2, -0.15) is 0 Å². The number of urea groups is 1. The standard InChI is InChI=1S/C23H20N4O2/c1-15-8-11-20(14-16(15)2)25-23(28)24-19-12-9-18(10-13-19)22-27-26-21(29-22)17-6-4-3-5-7-17/h3-14H,1-2H3,(H2,24,25,28). The molecule has 1 aromatic heterocycles. The van der Waals surface area contributed by atoms with E-state index in [1.54, 1.807) is 12.1 Å². The minimum Gasteiger partial charge on any atom is -0.416 e. The fourth-order valence-electron chi connectivity index (χ4n) is 2.85. The van der Waals surface area contributed by atoms with Gasteiger partial charge in [-0.3, -0.25) is 0 Å². The zero-order chi connectivity index (χ0) is 20.2. The van der Waals surface area contributed by atoms with E-state index in [1.165, 1.54) is 5.56 Å². The summed E-state index contributed by atoms with van der Waals surface area (Å²) in [6, 6.07) is 22.3. The number of carbonyl (C=O) groups excluding carboxylic acids is 1. The number of benzene rings is 3. The topological polar surface area (TPSA) is 80.0 Å². The van der Waals surface area contributed by atoms with Crippen LogP contribution in [0, 0.1) is 13.8 Å². The number of aryl methyl sites for hydroxylation is 2. The molecule has 0 fully saturated rings. The summed E-state index contributed by atoms with van der Waals surface area (Å²) in [6.45, 7) is 4.05. The van der Waals surface area contributed by atoms with Crippen molar-refractivity contribution in [2.24, 2.45) is 0 Å². The number of hydrogen-bond acceptors (Lipinski definition) is 4. The summed E-state index contributed by atoms with van der Waals surface area (Å²) < 4.78 is 5.75. The van der Waals surface area contributed by atoms with Crippen LogP contribution in [0.4, 0.5) is 16.2 Å². The predicted molar refractivity (Wildman–Crippen MR) is 114 cm³/mol. The van der Waals surface area contributed by atoms with Crippen LogP contribution in [0.5, 0.6) is 0 Å². The van der Waals surface area contributed by atoms with Gasteiger partial charge in [0.2, 0.25) is 11.8 Å². The van der Waals surface area contributed by atoms with Gasteiger partial charge in [0.05, 0.1) is 0 Å². The molecule has 29 heavy (non-hydrogen) atoms. The maximum absolute atomic E-state index is 12.2. The van der Waals surface area contributed by atoms with Crippen LogP contribution in [-0.2, 0) is 0 Å². The summed E-state index contributed by atoms with van der Waals surface area (Å²) >= 11 is 0. The Morgan fingerprint density at radius 1 is 0.724 bits per heavy atom. The van der Waals surface area contributed by atoms with E-state index in [9.17, 15) is 4.79 Å². The first-order valence-electron chi connectivity index (χ1n) is 9.23. The molecule has 144 valence electrons. The molecule has 2 amide bonds. The lowest BCUT2D eigenvalue weighted by Crippen LogP contribution is -2.19. The van der Waals surface area contributed by atoms with Crippen molar-refractivity contribution in [3.8, 4) is 22.9 Å². The average molecular weight is 384 g/mol. The van der Waals surface area contributed by atoms with Gasteiger partial charge in [-0.25, -0.2) is 4.79 Å². The molecule has 0 aliphatic carbocycles. The number of nitrogens with zero attached hydrogens (tertiary/aromatic N) is 2. The summed E-state index contributed by atoms with van der Waals surface area (Å²) in [6.07, 6.45) is 0. The van der Waals surface area contributed by atoms with E-state index in [0.717, 1.165) is 22.4 Å². The zero-order valence-electron chi connectivity index (χ0n) is 16.1. The molecule has 6 nitrogen and oxygen atoms in total. The highest BCUT2D eigenvalue weighted by Gasteiger charge is 2.10. The molecule has 0 aliphatic heterocycles. The Morgan fingerprint density at radius 3 is 1.97 bits per heavy atom. The third-order valence-electron chi connectivity index (χ3n) is 4.60. The molecule has 0 aliphatic rings. The molecular formula is C23H20N4O2. The van der Waals surface area contributed by atoms with Gasteiger partial charge in [0, 0.05) is 22.5 Å². The molecule has 3 aromatic carbocycles. The highest BCUT2D eigenvalue weighted by atomic mass is 16.4. The fraction of sp³-hybridized carbons (Fsp3) is 0.0870. The normalized spacial score (nSPS) is 10.6. The molecule has 0 saturated carbocycles. The SMILES string of the molecule is Cc1ccc(NC(=O)Nc2ccc(-c3nnc(-c4ccccc4)o3)cc2)cc1C. The molecular weight excluding hydrogens is 364 g/mol. The summed E-state index contributed by atoms with van der Waals surface area (Å²) in [5.74, 6) is 0.894. The van der Waals surface area contributed by atoms with Gasteiger partial charge in [0.25, 0.3) is 0 Å². The Bertz CT molecular complexity index is 1140. The van der Waals surface area contributed by atoms with Crippen LogP contribution < -0.4 is 10.6 Å². The Hall–Kier alpha value is -3.93. The molecule has 0 atom stereocenters. The largest absolute Gasteiger partial charge is 0.416 e. The first kappa shape index (κ1) is 18.4. The van der Waals surface area contributed by atoms with E-state index in [-0.39, 0.29) is 6.03 Å². The molecule has 0 saturated heterocycles. The molecule has 0 unspecified atom stereocenters. The van der Waals surface area contributed by atoms with Gasteiger partial charge in [-0.1, -0.05) is 24.3 Å². The number of rotatable bonds is 4. The van der Waals surface area contributed by atoms with Crippen molar-refractivity contribution in [1.82, 2.24) is 10.2 Å². The number of amides is 2. The number of hydrogen-bond donors (Lipinski definition) is 2. The van der Waals surface area contributed by atoms with E-state index >= 15 is 0 Å². The van der Waals surface area contributed by atoms with Crippen LogP contribution in [0.2, 0.25) is 0 Å². The Balaban J connectivity index is 1.42. The van der Waals surface area contributed by atoms with Crippen molar-refractivity contribution in [3.05, 3.63) is 83.9 Å². The number of aromatic nitrogens is 2. The van der Waals surface area contributed by atoms with Gasteiger partial charge < -0.3 is 15.1 Å².